The van der Waals surface area contributed by atoms with E-state index in [9.17, 15) is 27.9 Å². The molecule has 1 aliphatic rings. The van der Waals surface area contributed by atoms with Crippen molar-refractivity contribution in [3.05, 3.63) is 94.5 Å². The molecule has 1 aromatic heterocycles. The molecule has 5 rings (SSSR count). The van der Waals surface area contributed by atoms with Gasteiger partial charge in [-0.15, -0.1) is 10.2 Å². The van der Waals surface area contributed by atoms with Crippen LogP contribution in [0.5, 0.6) is 17.2 Å². The van der Waals surface area contributed by atoms with Crippen LogP contribution >= 0.6 is 11.6 Å². The Morgan fingerprint density at radius 2 is 1.73 bits per heavy atom. The van der Waals surface area contributed by atoms with Gasteiger partial charge in [0.2, 0.25) is 0 Å². The third-order valence-corrected chi connectivity index (χ3v) is 6.46. The molecule has 2 heterocycles. The van der Waals surface area contributed by atoms with Gasteiger partial charge in [0.05, 0.1) is 28.8 Å². The van der Waals surface area contributed by atoms with Crippen molar-refractivity contribution >= 4 is 29.3 Å². The van der Waals surface area contributed by atoms with Crippen LogP contribution in [0, 0.1) is 0 Å². The number of anilines is 1. The number of hydrogen-bond donors (Lipinski definition) is 2. The maximum atomic E-state index is 12.8. The molecule has 2 N–H and O–H groups in total. The molecule has 1 amide bonds. The van der Waals surface area contributed by atoms with Crippen LogP contribution in [0.4, 0.5) is 19.0 Å². The molecule has 0 saturated carbocycles. The molecule has 206 valence electrons. The Morgan fingerprint density at radius 3 is 2.34 bits per heavy atom. The summed E-state index contributed by atoms with van der Waals surface area (Å²) < 4.78 is 49.7. The van der Waals surface area contributed by atoms with E-state index in [0.717, 1.165) is 12.1 Å². The first-order valence-corrected chi connectivity index (χ1v) is 12.3. The summed E-state index contributed by atoms with van der Waals surface area (Å²) in [7, 11) is 0. The number of carboxylic acids is 1. The number of aromatic nitrogens is 2. The number of fused-ring (bicyclic) bond motifs is 1. The quantitative estimate of drug-likeness (QED) is 0.326. The molecule has 1 unspecified atom stereocenters. The first kappa shape index (κ1) is 30.3. The first-order valence-electron chi connectivity index (χ1n) is 11.9. The minimum atomic E-state index is -4.43. The normalized spacial score (nSPS) is 14.2. The fourth-order valence-electron chi connectivity index (χ4n) is 4.10. The summed E-state index contributed by atoms with van der Waals surface area (Å²) in [4.78, 5) is 24.2. The molecule has 0 radical (unpaired) electrons. The van der Waals surface area contributed by atoms with Gasteiger partial charge >= 0.3 is 41.7 Å². The van der Waals surface area contributed by atoms with Gasteiger partial charge in [0.1, 0.15) is 17.2 Å². The van der Waals surface area contributed by atoms with E-state index in [0.29, 0.717) is 40.3 Å². The molecule has 4 aromatic rings. The number of carbonyl (C=O) groups is 2. The summed E-state index contributed by atoms with van der Waals surface area (Å²) in [6.07, 6.45) is -4.09. The van der Waals surface area contributed by atoms with E-state index in [1.165, 1.54) is 42.5 Å². The van der Waals surface area contributed by atoms with Crippen molar-refractivity contribution in [2.45, 2.75) is 18.5 Å². The number of rotatable bonds is 6. The maximum absolute atomic E-state index is 12.8. The Balaban J connectivity index is 0.00000242. The van der Waals surface area contributed by atoms with Crippen molar-refractivity contribution in [1.82, 2.24) is 10.2 Å². The molecule has 0 aliphatic carbocycles. The van der Waals surface area contributed by atoms with Crippen molar-refractivity contribution < 1.29 is 68.3 Å². The van der Waals surface area contributed by atoms with Crippen LogP contribution in [-0.4, -0.2) is 33.8 Å². The zero-order valence-corrected chi connectivity index (χ0v) is 24.2. The predicted octanol–water partition coefficient (Wildman–Crippen LogP) is 3.93. The van der Waals surface area contributed by atoms with E-state index >= 15 is 0 Å². The molecule has 3 aromatic carbocycles. The summed E-state index contributed by atoms with van der Waals surface area (Å²) in [6, 6.07) is 16.8. The van der Waals surface area contributed by atoms with Crippen LogP contribution in [0.3, 0.4) is 0 Å². The predicted molar refractivity (Wildman–Crippen MR) is 140 cm³/mol. The van der Waals surface area contributed by atoms with Gasteiger partial charge in [0, 0.05) is 22.8 Å². The molecule has 0 spiro atoms. The SMILES string of the molecule is O=C(Nc1ccc(-c2ccc(C(F)(F)F)cc2)nn1)c1ccc(Oc2cc3c(cc2Cl)C(C(=O)O)CCO3)cc1.[H-].[Na+]. The standard InChI is InChI=1S/C28H19ClF3N3O5.Na.H/c29-21-13-20-19(27(37)38)11-12-39-23(20)14-24(21)40-18-7-3-16(4-8-18)26(36)33-25-10-9-22(34-35-25)15-1-5-17(6-2-15)28(30,31)32;;/h1-10,13-14,19H,11-12H2,(H,37,38)(H,33,35,36);;/q;+1;-1. The van der Waals surface area contributed by atoms with Gasteiger partial charge in [-0.05, 0) is 61.0 Å². The van der Waals surface area contributed by atoms with Crippen molar-refractivity contribution in [3.8, 4) is 28.5 Å². The molecule has 0 fully saturated rings. The van der Waals surface area contributed by atoms with Crippen LogP contribution in [0.25, 0.3) is 11.3 Å². The Morgan fingerprint density at radius 1 is 1.02 bits per heavy atom. The van der Waals surface area contributed by atoms with Gasteiger partial charge in [-0.2, -0.15) is 13.2 Å². The van der Waals surface area contributed by atoms with Crippen molar-refractivity contribution in [3.63, 3.8) is 0 Å². The van der Waals surface area contributed by atoms with Crippen molar-refractivity contribution in [1.29, 1.82) is 0 Å². The van der Waals surface area contributed by atoms with Gasteiger partial charge in [0.15, 0.2) is 5.82 Å². The summed E-state index contributed by atoms with van der Waals surface area (Å²) in [5.74, 6) is -0.941. The Hall–Kier alpha value is -3.64. The second kappa shape index (κ2) is 12.5. The van der Waals surface area contributed by atoms with E-state index in [1.54, 1.807) is 18.2 Å². The fourth-order valence-corrected chi connectivity index (χ4v) is 4.31. The van der Waals surface area contributed by atoms with Gasteiger partial charge < -0.3 is 21.3 Å². The van der Waals surface area contributed by atoms with E-state index in [-0.39, 0.29) is 54.2 Å². The fraction of sp³-hybridized carbons (Fsp3) is 0.143. The first-order chi connectivity index (χ1) is 19.1. The molecule has 1 aliphatic heterocycles. The van der Waals surface area contributed by atoms with Crippen molar-refractivity contribution in [2.24, 2.45) is 0 Å². The molecule has 8 nitrogen and oxygen atoms in total. The van der Waals surface area contributed by atoms with Crippen LogP contribution in [0.15, 0.2) is 72.8 Å². The largest absolute Gasteiger partial charge is 1.00 e. The molecule has 1 atom stereocenters. The topological polar surface area (TPSA) is 111 Å². The summed E-state index contributed by atoms with van der Waals surface area (Å²) in [5, 5.41) is 20.2. The van der Waals surface area contributed by atoms with E-state index in [4.69, 9.17) is 21.1 Å². The number of carboxylic acid groups (broad SMARTS) is 1. The minimum absolute atomic E-state index is 0. The number of ether oxygens (including phenoxy) is 2. The molecule has 0 saturated heterocycles. The Bertz CT molecular complexity index is 1570. The number of nitrogens with zero attached hydrogens (tertiary/aromatic N) is 2. The van der Waals surface area contributed by atoms with Gasteiger partial charge in [-0.1, -0.05) is 23.7 Å². The minimum Gasteiger partial charge on any atom is -1.00 e. The zero-order chi connectivity index (χ0) is 28.4. The van der Waals surface area contributed by atoms with Crippen LogP contribution in [0.2, 0.25) is 5.02 Å². The number of aliphatic carboxylic acids is 1. The summed E-state index contributed by atoms with van der Waals surface area (Å²) >= 11 is 6.33. The number of nitrogens with one attached hydrogen (secondary N) is 1. The second-order valence-electron chi connectivity index (χ2n) is 8.81. The Kier molecular flexibility index (Phi) is 9.23. The second-order valence-corrected chi connectivity index (χ2v) is 9.22. The average Bonchev–Trinajstić information content (AvgIpc) is 2.93. The van der Waals surface area contributed by atoms with E-state index in [1.807, 2.05) is 0 Å². The van der Waals surface area contributed by atoms with Gasteiger partial charge in [0.25, 0.3) is 5.91 Å². The monoisotopic (exact) mass is 593 g/mol. The molecular weight excluding hydrogens is 574 g/mol. The molecule has 13 heteroatoms. The number of amides is 1. The molecular formula is C28H20ClF3N3NaO5. The average molecular weight is 594 g/mol. The third kappa shape index (κ3) is 6.99. The smallest absolute Gasteiger partial charge is 1.00 e. The maximum Gasteiger partial charge on any atom is 1.00 e. The number of benzene rings is 3. The number of alkyl halides is 3. The summed E-state index contributed by atoms with van der Waals surface area (Å²) in [6.45, 7) is 0.261. The number of halogens is 4. The van der Waals surface area contributed by atoms with Gasteiger partial charge in [-0.25, -0.2) is 0 Å². The number of carbonyl (C=O) groups excluding carboxylic acids is 1. The van der Waals surface area contributed by atoms with Crippen LogP contribution in [0.1, 0.15) is 35.3 Å². The van der Waals surface area contributed by atoms with Gasteiger partial charge in [-0.3, -0.25) is 9.59 Å². The van der Waals surface area contributed by atoms with Crippen LogP contribution in [-0.2, 0) is 11.0 Å². The van der Waals surface area contributed by atoms with Crippen LogP contribution < -0.4 is 44.3 Å². The van der Waals surface area contributed by atoms with E-state index < -0.39 is 29.5 Å². The molecule has 0 bridgehead atoms. The zero-order valence-electron chi connectivity index (χ0n) is 22.4. The third-order valence-electron chi connectivity index (χ3n) is 6.16. The summed E-state index contributed by atoms with van der Waals surface area (Å²) in [5.41, 5.74) is 0.807. The van der Waals surface area contributed by atoms with E-state index in [2.05, 4.69) is 15.5 Å². The Labute approximate surface area is 260 Å². The van der Waals surface area contributed by atoms with Crippen molar-refractivity contribution in [2.75, 3.05) is 11.9 Å². The molecule has 41 heavy (non-hydrogen) atoms. The number of hydrogen-bond acceptors (Lipinski definition) is 6.